The SMILES string of the molecule is CCOc1ccc(Cc2cc(C3CCN(CC4CCC[C@@H]4c4cccc(F)c4)CC3)n(CC)n2)cc1.CNC(C(=O)O)C(C)C. The second-order valence-corrected chi connectivity index (χ2v) is 12.9. The van der Waals surface area contributed by atoms with Crippen LogP contribution in [0.4, 0.5) is 4.39 Å². The first-order chi connectivity index (χ1) is 21.7. The second-order valence-electron chi connectivity index (χ2n) is 12.9. The predicted octanol–water partition coefficient (Wildman–Crippen LogP) is 7.11. The van der Waals surface area contributed by atoms with Crippen LogP contribution in [0.1, 0.15) is 94.1 Å². The molecule has 5 rings (SSSR count). The van der Waals surface area contributed by atoms with Crippen molar-refractivity contribution in [2.45, 2.75) is 90.6 Å². The van der Waals surface area contributed by atoms with Gasteiger partial charge in [-0.25, -0.2) is 4.39 Å². The second kappa shape index (κ2) is 16.9. The van der Waals surface area contributed by atoms with E-state index in [2.05, 4.69) is 58.2 Å². The minimum absolute atomic E-state index is 0.103. The molecule has 0 bridgehead atoms. The zero-order chi connectivity index (χ0) is 32.3. The summed E-state index contributed by atoms with van der Waals surface area (Å²) in [5.74, 6) is 1.90. The van der Waals surface area contributed by atoms with Gasteiger partial charge in [-0.15, -0.1) is 0 Å². The molecule has 3 atom stereocenters. The highest BCUT2D eigenvalue weighted by molar-refractivity contribution is 5.73. The van der Waals surface area contributed by atoms with Crippen molar-refractivity contribution in [3.8, 4) is 5.75 Å². The van der Waals surface area contributed by atoms with Crippen LogP contribution >= 0.6 is 0 Å². The van der Waals surface area contributed by atoms with Gasteiger partial charge >= 0.3 is 5.97 Å². The molecule has 1 aromatic heterocycles. The Morgan fingerprint density at radius 1 is 1.07 bits per heavy atom. The Hall–Kier alpha value is -3.23. The zero-order valence-electron chi connectivity index (χ0n) is 27.8. The fourth-order valence-electron chi connectivity index (χ4n) is 7.15. The maximum atomic E-state index is 13.8. The van der Waals surface area contributed by atoms with Crippen molar-refractivity contribution < 1.29 is 19.0 Å². The van der Waals surface area contributed by atoms with Crippen LogP contribution in [-0.2, 0) is 17.8 Å². The number of ether oxygens (including phenoxy) is 1. The number of carboxylic acid groups (broad SMARTS) is 1. The number of halogens is 1. The van der Waals surface area contributed by atoms with Gasteiger partial charge in [-0.3, -0.25) is 9.48 Å². The summed E-state index contributed by atoms with van der Waals surface area (Å²) in [4.78, 5) is 13.0. The first-order valence-electron chi connectivity index (χ1n) is 16.9. The smallest absolute Gasteiger partial charge is 0.320 e. The van der Waals surface area contributed by atoms with Gasteiger partial charge in [0.2, 0.25) is 0 Å². The summed E-state index contributed by atoms with van der Waals surface area (Å²) in [6.45, 7) is 13.0. The maximum Gasteiger partial charge on any atom is 0.320 e. The fraction of sp³-hybridized carbons (Fsp3) is 0.568. The van der Waals surface area contributed by atoms with Crippen LogP contribution in [-0.4, -0.2) is 65.1 Å². The largest absolute Gasteiger partial charge is 0.494 e. The lowest BCUT2D eigenvalue weighted by Crippen LogP contribution is -2.38. The maximum absolute atomic E-state index is 13.8. The van der Waals surface area contributed by atoms with E-state index in [0.29, 0.717) is 24.4 Å². The zero-order valence-corrected chi connectivity index (χ0v) is 27.8. The molecular formula is C37H53FN4O3. The summed E-state index contributed by atoms with van der Waals surface area (Å²) < 4.78 is 21.6. The fourth-order valence-corrected chi connectivity index (χ4v) is 7.15. The molecule has 1 saturated heterocycles. The highest BCUT2D eigenvalue weighted by Gasteiger charge is 2.32. The van der Waals surface area contributed by atoms with Gasteiger partial charge < -0.3 is 20.1 Å². The number of nitrogens with zero attached hydrogens (tertiary/aromatic N) is 3. The molecule has 2 aliphatic rings. The molecule has 8 heteroatoms. The Balaban J connectivity index is 0.000000448. The third-order valence-electron chi connectivity index (χ3n) is 9.46. The Morgan fingerprint density at radius 2 is 1.80 bits per heavy atom. The standard InChI is InChI=1S/C31H40FN3O.C6H13NO2/c1-3-35-31(21-28(33-35)19-23-11-13-29(14-12-23)36-4-2)24-15-17-34(18-16-24)22-26-8-6-10-30(26)25-7-5-9-27(32)20-25;1-4(2)5(7-3)6(8)9/h5,7,9,11-14,20-21,24,26,30H,3-4,6,8,10,15-19,22H2,1-2H3;4-5,7H,1-3H3,(H,8,9)/t26?,30-;/m1./s1. The van der Waals surface area contributed by atoms with E-state index in [1.165, 1.54) is 48.9 Å². The van der Waals surface area contributed by atoms with Gasteiger partial charge in [-0.1, -0.05) is 44.5 Å². The van der Waals surface area contributed by atoms with E-state index in [9.17, 15) is 9.18 Å². The molecule has 2 unspecified atom stereocenters. The number of likely N-dealkylation sites (tertiary alicyclic amines) is 1. The van der Waals surface area contributed by atoms with Gasteiger partial charge in [-0.2, -0.15) is 5.10 Å². The lowest BCUT2D eigenvalue weighted by Gasteiger charge is -2.35. The van der Waals surface area contributed by atoms with Crippen molar-refractivity contribution in [2.75, 3.05) is 33.3 Å². The van der Waals surface area contributed by atoms with Crippen molar-refractivity contribution >= 4 is 5.97 Å². The molecule has 45 heavy (non-hydrogen) atoms. The van der Waals surface area contributed by atoms with E-state index >= 15 is 0 Å². The molecular weight excluding hydrogens is 567 g/mol. The lowest BCUT2D eigenvalue weighted by molar-refractivity contribution is -0.140. The predicted molar refractivity (Wildman–Crippen MR) is 179 cm³/mol. The summed E-state index contributed by atoms with van der Waals surface area (Å²) >= 11 is 0. The lowest BCUT2D eigenvalue weighted by atomic mass is 9.87. The molecule has 1 saturated carbocycles. The summed E-state index contributed by atoms with van der Waals surface area (Å²) in [6.07, 6.45) is 6.94. The molecule has 0 radical (unpaired) electrons. The number of carbonyl (C=O) groups is 1. The van der Waals surface area contributed by atoms with Crippen molar-refractivity contribution in [3.63, 3.8) is 0 Å². The molecule has 246 valence electrons. The number of carboxylic acids is 1. The highest BCUT2D eigenvalue weighted by atomic mass is 19.1. The molecule has 7 nitrogen and oxygen atoms in total. The highest BCUT2D eigenvalue weighted by Crippen LogP contribution is 2.41. The number of rotatable bonds is 12. The minimum atomic E-state index is -0.785. The summed E-state index contributed by atoms with van der Waals surface area (Å²) in [6, 6.07) is 17.6. The van der Waals surface area contributed by atoms with E-state index in [0.717, 1.165) is 44.0 Å². The average molecular weight is 621 g/mol. The number of hydrogen-bond acceptors (Lipinski definition) is 5. The number of piperidine rings is 1. The topological polar surface area (TPSA) is 79.6 Å². The van der Waals surface area contributed by atoms with Gasteiger partial charge in [0.25, 0.3) is 0 Å². The molecule has 0 spiro atoms. The summed E-state index contributed by atoms with van der Waals surface area (Å²) in [5, 5.41) is 16.1. The van der Waals surface area contributed by atoms with Crippen LogP contribution in [0.3, 0.4) is 0 Å². The molecule has 0 amide bonds. The molecule has 2 N–H and O–H groups in total. The Kier molecular flexibility index (Phi) is 13.0. The van der Waals surface area contributed by atoms with E-state index in [1.54, 1.807) is 19.2 Å². The van der Waals surface area contributed by atoms with Crippen molar-refractivity contribution in [2.24, 2.45) is 11.8 Å². The van der Waals surface area contributed by atoms with Gasteiger partial charge in [0, 0.05) is 31.1 Å². The number of likely N-dealkylation sites (N-methyl/N-ethyl adjacent to an activating group) is 1. The van der Waals surface area contributed by atoms with Gasteiger partial charge in [0.15, 0.2) is 0 Å². The Labute approximate surface area is 269 Å². The molecule has 2 fully saturated rings. The van der Waals surface area contributed by atoms with Crippen molar-refractivity contribution in [1.29, 1.82) is 0 Å². The van der Waals surface area contributed by atoms with Crippen molar-refractivity contribution in [3.05, 3.63) is 82.9 Å². The number of aliphatic carboxylic acids is 1. The number of benzene rings is 2. The van der Waals surface area contributed by atoms with Crippen LogP contribution in [0.5, 0.6) is 5.75 Å². The quantitative estimate of drug-likeness (QED) is 0.225. The molecule has 1 aliphatic carbocycles. The monoisotopic (exact) mass is 620 g/mol. The summed E-state index contributed by atoms with van der Waals surface area (Å²) in [7, 11) is 1.65. The first-order valence-corrected chi connectivity index (χ1v) is 16.9. The summed E-state index contributed by atoms with van der Waals surface area (Å²) in [5.41, 5.74) is 5.02. The van der Waals surface area contributed by atoms with Crippen LogP contribution < -0.4 is 10.1 Å². The Bertz CT molecular complexity index is 1330. The van der Waals surface area contributed by atoms with E-state index in [-0.39, 0.29) is 11.7 Å². The van der Waals surface area contributed by atoms with E-state index < -0.39 is 12.0 Å². The van der Waals surface area contributed by atoms with Crippen molar-refractivity contribution in [1.82, 2.24) is 20.0 Å². The molecule has 3 aromatic rings. The van der Waals surface area contributed by atoms with Gasteiger partial charge in [0.1, 0.15) is 17.6 Å². The average Bonchev–Trinajstić information content (AvgIpc) is 3.66. The van der Waals surface area contributed by atoms with Crippen LogP contribution in [0.25, 0.3) is 0 Å². The van der Waals surface area contributed by atoms with E-state index in [4.69, 9.17) is 14.9 Å². The number of nitrogens with one attached hydrogen (secondary N) is 1. The Morgan fingerprint density at radius 3 is 2.38 bits per heavy atom. The third kappa shape index (κ3) is 9.63. The number of hydrogen-bond donors (Lipinski definition) is 2. The number of aryl methyl sites for hydroxylation is 1. The molecule has 2 heterocycles. The molecule has 2 aromatic carbocycles. The normalized spacial score (nSPS) is 19.7. The third-order valence-corrected chi connectivity index (χ3v) is 9.46. The van der Waals surface area contributed by atoms with E-state index in [1.807, 2.05) is 26.8 Å². The van der Waals surface area contributed by atoms with Gasteiger partial charge in [0.05, 0.1) is 12.3 Å². The minimum Gasteiger partial charge on any atom is -0.494 e. The van der Waals surface area contributed by atoms with Crippen LogP contribution in [0.2, 0.25) is 0 Å². The van der Waals surface area contributed by atoms with Gasteiger partial charge in [-0.05, 0) is 119 Å². The number of aromatic nitrogens is 2. The van der Waals surface area contributed by atoms with Crippen LogP contribution in [0, 0.1) is 17.7 Å². The first kappa shape index (κ1) is 34.6. The molecule has 1 aliphatic heterocycles. The van der Waals surface area contributed by atoms with Crippen LogP contribution in [0.15, 0.2) is 54.6 Å².